The minimum Gasteiger partial charge on any atom is -0.493 e. The van der Waals surface area contributed by atoms with Crippen LogP contribution >= 0.6 is 0 Å². The van der Waals surface area contributed by atoms with Crippen molar-refractivity contribution in [2.24, 2.45) is 17.6 Å². The minimum atomic E-state index is 0.639. The molecule has 1 saturated heterocycles. The van der Waals surface area contributed by atoms with Gasteiger partial charge in [-0.1, -0.05) is 12.1 Å². The van der Waals surface area contributed by atoms with Crippen molar-refractivity contribution in [3.05, 3.63) is 54.9 Å². The quantitative estimate of drug-likeness (QED) is 0.489. The van der Waals surface area contributed by atoms with E-state index in [9.17, 15) is 0 Å². The predicted molar refractivity (Wildman–Crippen MR) is 129 cm³/mol. The van der Waals surface area contributed by atoms with Gasteiger partial charge in [-0.2, -0.15) is 0 Å². The molecule has 0 amide bonds. The number of anilines is 1. The number of hydrogen-bond acceptors (Lipinski definition) is 5. The normalized spacial score (nSPS) is 17.3. The smallest absolute Gasteiger partial charge is 0.139 e. The summed E-state index contributed by atoms with van der Waals surface area (Å²) in [5.74, 6) is 3.15. The van der Waals surface area contributed by atoms with Crippen LogP contribution in [0.15, 0.2) is 54.9 Å². The standard InChI is InChI=1S/C26H29N5O/c27-15-18-10-12-30(13-11-18)24-3-1-2-20-6-9-25(29-26(20)24)31-17-28-22-14-21(7-8-23(22)31)32-16-19-4-5-19/h1-3,6-9,14,17-19H,4-5,10-13,15-16,27H2. The van der Waals surface area contributed by atoms with Crippen LogP contribution in [0.3, 0.4) is 0 Å². The van der Waals surface area contributed by atoms with Crippen molar-refractivity contribution in [1.82, 2.24) is 14.5 Å². The fourth-order valence-corrected chi connectivity index (χ4v) is 4.68. The molecule has 2 fully saturated rings. The molecule has 2 aliphatic rings. The summed E-state index contributed by atoms with van der Waals surface area (Å²) >= 11 is 0. The number of ether oxygens (including phenoxy) is 1. The molecule has 2 N–H and O–H groups in total. The van der Waals surface area contributed by atoms with E-state index in [2.05, 4.69) is 50.8 Å². The molecule has 1 saturated carbocycles. The van der Waals surface area contributed by atoms with E-state index < -0.39 is 0 Å². The van der Waals surface area contributed by atoms with Crippen LogP contribution in [0.2, 0.25) is 0 Å². The van der Waals surface area contributed by atoms with Crippen molar-refractivity contribution in [2.75, 3.05) is 31.1 Å². The molecule has 2 aromatic carbocycles. The second-order valence-electron chi connectivity index (χ2n) is 9.20. The number of rotatable bonds is 6. The molecule has 32 heavy (non-hydrogen) atoms. The minimum absolute atomic E-state index is 0.639. The zero-order valence-corrected chi connectivity index (χ0v) is 18.3. The van der Waals surface area contributed by atoms with Gasteiger partial charge in [0.1, 0.15) is 17.9 Å². The fourth-order valence-electron chi connectivity index (χ4n) is 4.68. The number of nitrogens with zero attached hydrogens (tertiary/aromatic N) is 4. The van der Waals surface area contributed by atoms with E-state index >= 15 is 0 Å². The number of aromatic nitrogens is 3. The zero-order chi connectivity index (χ0) is 21.5. The molecule has 1 aliphatic carbocycles. The first-order valence-corrected chi connectivity index (χ1v) is 11.7. The number of benzene rings is 2. The molecular weight excluding hydrogens is 398 g/mol. The Hall–Kier alpha value is -3.12. The number of fused-ring (bicyclic) bond motifs is 2. The van der Waals surface area contributed by atoms with Gasteiger partial charge in [0.15, 0.2) is 0 Å². The molecule has 6 heteroatoms. The maximum absolute atomic E-state index is 5.93. The Bertz CT molecular complexity index is 1250. The molecule has 0 spiro atoms. The Morgan fingerprint density at radius 1 is 0.969 bits per heavy atom. The molecular formula is C26H29N5O. The van der Waals surface area contributed by atoms with E-state index in [0.29, 0.717) is 5.92 Å². The molecule has 1 aliphatic heterocycles. The SMILES string of the molecule is NCC1CCN(c2cccc3ccc(-n4cnc5cc(OCC6CC6)ccc54)nc23)CC1. The third-order valence-electron chi connectivity index (χ3n) is 6.92. The highest BCUT2D eigenvalue weighted by molar-refractivity contribution is 5.92. The van der Waals surface area contributed by atoms with Crippen LogP contribution in [-0.4, -0.2) is 40.8 Å². The molecule has 0 unspecified atom stereocenters. The third kappa shape index (κ3) is 3.69. The Balaban J connectivity index is 1.33. The lowest BCUT2D eigenvalue weighted by Crippen LogP contribution is -2.36. The van der Waals surface area contributed by atoms with Gasteiger partial charge in [-0.05, 0) is 74.4 Å². The van der Waals surface area contributed by atoms with Crippen LogP contribution in [0.5, 0.6) is 5.75 Å². The first-order chi connectivity index (χ1) is 15.8. The first-order valence-electron chi connectivity index (χ1n) is 11.7. The Labute approximate surface area is 188 Å². The Kier molecular flexibility index (Phi) is 4.95. The molecule has 2 aromatic heterocycles. The number of para-hydroxylation sites is 1. The summed E-state index contributed by atoms with van der Waals surface area (Å²) in [6.07, 6.45) is 6.72. The topological polar surface area (TPSA) is 69.2 Å². The molecule has 0 atom stereocenters. The van der Waals surface area contributed by atoms with Gasteiger partial charge >= 0.3 is 0 Å². The van der Waals surface area contributed by atoms with Crippen LogP contribution in [-0.2, 0) is 0 Å². The lowest BCUT2D eigenvalue weighted by Gasteiger charge is -2.33. The van der Waals surface area contributed by atoms with E-state index in [1.807, 2.05) is 18.5 Å². The van der Waals surface area contributed by atoms with Crippen LogP contribution in [0, 0.1) is 11.8 Å². The van der Waals surface area contributed by atoms with Crippen molar-refractivity contribution in [3.63, 3.8) is 0 Å². The summed E-state index contributed by atoms with van der Waals surface area (Å²) in [4.78, 5) is 12.2. The Morgan fingerprint density at radius 3 is 2.66 bits per heavy atom. The first kappa shape index (κ1) is 19.6. The fraction of sp³-hybridized carbons (Fsp3) is 0.385. The maximum Gasteiger partial charge on any atom is 0.139 e. The highest BCUT2D eigenvalue weighted by Crippen LogP contribution is 2.32. The number of piperidine rings is 1. The summed E-state index contributed by atoms with van der Waals surface area (Å²) in [6, 6.07) is 16.8. The highest BCUT2D eigenvalue weighted by atomic mass is 16.5. The summed E-state index contributed by atoms with van der Waals surface area (Å²) in [7, 11) is 0. The van der Waals surface area contributed by atoms with Crippen LogP contribution in [0.4, 0.5) is 5.69 Å². The lowest BCUT2D eigenvalue weighted by molar-refractivity contribution is 0.300. The van der Waals surface area contributed by atoms with Crippen molar-refractivity contribution in [3.8, 4) is 11.6 Å². The van der Waals surface area contributed by atoms with Gasteiger partial charge in [0.25, 0.3) is 0 Å². The van der Waals surface area contributed by atoms with Gasteiger partial charge in [-0.25, -0.2) is 9.97 Å². The summed E-state index contributed by atoms with van der Waals surface area (Å²) in [6.45, 7) is 3.66. The van der Waals surface area contributed by atoms with Gasteiger partial charge in [-0.15, -0.1) is 0 Å². The second-order valence-corrected chi connectivity index (χ2v) is 9.20. The van der Waals surface area contributed by atoms with Crippen molar-refractivity contribution < 1.29 is 4.74 Å². The lowest BCUT2D eigenvalue weighted by atomic mass is 9.96. The van der Waals surface area contributed by atoms with Gasteiger partial charge in [-0.3, -0.25) is 4.57 Å². The molecule has 164 valence electrons. The van der Waals surface area contributed by atoms with Crippen LogP contribution in [0.25, 0.3) is 27.8 Å². The van der Waals surface area contributed by atoms with Gasteiger partial charge in [0.05, 0.1) is 28.8 Å². The average molecular weight is 428 g/mol. The number of imidazole rings is 1. The molecule has 3 heterocycles. The number of nitrogens with two attached hydrogens (primary N) is 1. The summed E-state index contributed by atoms with van der Waals surface area (Å²) in [5.41, 5.74) is 10.1. The summed E-state index contributed by atoms with van der Waals surface area (Å²) < 4.78 is 8.00. The second kappa shape index (κ2) is 8.10. The average Bonchev–Trinajstić information content (AvgIpc) is 3.59. The molecule has 0 bridgehead atoms. The predicted octanol–water partition coefficient (Wildman–Crippen LogP) is 4.54. The van der Waals surface area contributed by atoms with Gasteiger partial charge < -0.3 is 15.4 Å². The van der Waals surface area contributed by atoms with E-state index in [4.69, 9.17) is 15.5 Å². The Morgan fingerprint density at radius 2 is 1.84 bits per heavy atom. The van der Waals surface area contributed by atoms with Crippen LogP contribution in [0.1, 0.15) is 25.7 Å². The van der Waals surface area contributed by atoms with Crippen molar-refractivity contribution in [1.29, 1.82) is 0 Å². The molecule has 6 nitrogen and oxygen atoms in total. The summed E-state index contributed by atoms with van der Waals surface area (Å²) in [5, 5.41) is 1.16. The van der Waals surface area contributed by atoms with Crippen molar-refractivity contribution >= 4 is 27.6 Å². The molecule has 4 aromatic rings. The monoisotopic (exact) mass is 427 g/mol. The van der Waals surface area contributed by atoms with Crippen LogP contribution < -0.4 is 15.4 Å². The third-order valence-corrected chi connectivity index (χ3v) is 6.92. The number of pyridine rings is 1. The zero-order valence-electron chi connectivity index (χ0n) is 18.3. The van der Waals surface area contributed by atoms with E-state index in [1.165, 1.54) is 18.5 Å². The number of hydrogen-bond donors (Lipinski definition) is 1. The molecule has 0 radical (unpaired) electrons. The van der Waals surface area contributed by atoms with E-state index in [1.54, 1.807) is 0 Å². The van der Waals surface area contributed by atoms with E-state index in [-0.39, 0.29) is 0 Å². The van der Waals surface area contributed by atoms with Gasteiger partial charge in [0, 0.05) is 24.5 Å². The molecule has 6 rings (SSSR count). The van der Waals surface area contributed by atoms with E-state index in [0.717, 1.165) is 78.5 Å². The van der Waals surface area contributed by atoms with Gasteiger partial charge in [0.2, 0.25) is 0 Å². The highest BCUT2D eigenvalue weighted by Gasteiger charge is 2.22. The van der Waals surface area contributed by atoms with Crippen molar-refractivity contribution in [2.45, 2.75) is 25.7 Å². The maximum atomic E-state index is 5.93. The largest absolute Gasteiger partial charge is 0.493 e.